The molecule has 0 saturated heterocycles. The van der Waals surface area contributed by atoms with Crippen LogP contribution in [-0.2, 0) is 25.6 Å². The number of nitrogens with two attached hydrogens (primary N) is 1. The van der Waals surface area contributed by atoms with Gasteiger partial charge >= 0.3 is 5.97 Å². The zero-order valence-electron chi connectivity index (χ0n) is 18.3. The highest BCUT2D eigenvalue weighted by molar-refractivity contribution is 5.94. The summed E-state index contributed by atoms with van der Waals surface area (Å²) in [5.74, 6) is -4.26. The van der Waals surface area contributed by atoms with Crippen LogP contribution in [0.5, 0.6) is 0 Å². The van der Waals surface area contributed by atoms with E-state index < -0.39 is 66.5 Å². The Morgan fingerprint density at radius 3 is 1.94 bits per heavy atom. The normalized spacial score (nSPS) is 15.7. The number of carbonyl (C=O) groups excluding carboxylic acids is 3. The monoisotopic (exact) mass is 452 g/mol. The summed E-state index contributed by atoms with van der Waals surface area (Å²) in [6.45, 7) is 3.63. The smallest absolute Gasteiger partial charge is 0.326 e. The number of amides is 3. The van der Waals surface area contributed by atoms with Crippen LogP contribution in [0.2, 0.25) is 0 Å². The number of aliphatic hydroxyl groups is 2. The van der Waals surface area contributed by atoms with Gasteiger partial charge in [0.25, 0.3) is 0 Å². The van der Waals surface area contributed by atoms with Crippen LogP contribution < -0.4 is 21.7 Å². The zero-order valence-corrected chi connectivity index (χ0v) is 18.3. The van der Waals surface area contributed by atoms with Crippen LogP contribution in [-0.4, -0.2) is 75.9 Å². The van der Waals surface area contributed by atoms with Crippen LogP contribution in [0.3, 0.4) is 0 Å². The van der Waals surface area contributed by atoms with Gasteiger partial charge in [0.1, 0.15) is 18.1 Å². The van der Waals surface area contributed by atoms with E-state index in [1.54, 1.807) is 38.1 Å². The second kappa shape index (κ2) is 12.7. The fourth-order valence-corrected chi connectivity index (χ4v) is 2.85. The average Bonchev–Trinajstić information content (AvgIpc) is 2.73. The van der Waals surface area contributed by atoms with E-state index in [0.717, 1.165) is 5.56 Å². The maximum Gasteiger partial charge on any atom is 0.326 e. The molecular weight excluding hydrogens is 420 g/mol. The Bertz CT molecular complexity index is 786. The summed E-state index contributed by atoms with van der Waals surface area (Å²) in [7, 11) is 0. The van der Waals surface area contributed by atoms with E-state index in [4.69, 9.17) is 5.73 Å². The van der Waals surface area contributed by atoms with Gasteiger partial charge in [-0.1, -0.05) is 44.2 Å². The van der Waals surface area contributed by atoms with E-state index in [1.165, 1.54) is 6.92 Å². The van der Waals surface area contributed by atoms with Crippen LogP contribution in [0.25, 0.3) is 0 Å². The summed E-state index contributed by atoms with van der Waals surface area (Å²) < 4.78 is 0. The number of carbonyl (C=O) groups is 4. The summed E-state index contributed by atoms with van der Waals surface area (Å²) in [5.41, 5.74) is 6.69. The van der Waals surface area contributed by atoms with Gasteiger partial charge in [-0.25, -0.2) is 4.79 Å². The average molecular weight is 453 g/mol. The van der Waals surface area contributed by atoms with Crippen molar-refractivity contribution in [2.45, 2.75) is 57.5 Å². The molecule has 1 rings (SSSR count). The molecule has 0 spiro atoms. The Balaban J connectivity index is 2.79. The molecule has 0 aliphatic rings. The standard InChI is InChI=1S/C21H32N4O7/c1-11(2)16(21(31)32)24-20(30)17(12(3)27)25-19(29)15(10-26)23-18(28)14(22)9-13-7-5-4-6-8-13/h4-8,11-12,14-17,26-27H,9-10,22H2,1-3H3,(H,23,28)(H,24,30)(H,25,29)(H,31,32). The Labute approximate surface area is 186 Å². The van der Waals surface area contributed by atoms with Crippen molar-refractivity contribution < 1.29 is 34.5 Å². The maximum absolute atomic E-state index is 12.5. The number of aliphatic hydroxyl groups excluding tert-OH is 2. The topological polar surface area (TPSA) is 191 Å². The van der Waals surface area contributed by atoms with E-state index in [1.807, 2.05) is 6.07 Å². The number of hydrogen-bond donors (Lipinski definition) is 7. The van der Waals surface area contributed by atoms with Crippen LogP contribution in [0.4, 0.5) is 0 Å². The predicted octanol–water partition coefficient (Wildman–Crippen LogP) is -1.88. The number of carboxylic acid groups (broad SMARTS) is 1. The lowest BCUT2D eigenvalue weighted by Crippen LogP contribution is -2.61. The summed E-state index contributed by atoms with van der Waals surface area (Å²) >= 11 is 0. The summed E-state index contributed by atoms with van der Waals surface area (Å²) in [5, 5.41) is 35.5. The van der Waals surface area contributed by atoms with E-state index >= 15 is 0 Å². The first-order valence-corrected chi connectivity index (χ1v) is 10.2. The fourth-order valence-electron chi connectivity index (χ4n) is 2.85. The molecule has 3 amide bonds. The molecule has 0 heterocycles. The van der Waals surface area contributed by atoms with Crippen LogP contribution >= 0.6 is 0 Å². The zero-order chi connectivity index (χ0) is 24.4. The molecule has 0 saturated carbocycles. The van der Waals surface area contributed by atoms with Crippen LogP contribution in [0, 0.1) is 5.92 Å². The molecule has 5 unspecified atom stereocenters. The minimum absolute atomic E-state index is 0.205. The number of hydrogen-bond acceptors (Lipinski definition) is 7. The first-order chi connectivity index (χ1) is 15.0. The third-order valence-electron chi connectivity index (χ3n) is 4.74. The Morgan fingerprint density at radius 1 is 0.906 bits per heavy atom. The second-order valence-electron chi connectivity index (χ2n) is 7.84. The highest BCUT2D eigenvalue weighted by Crippen LogP contribution is 2.05. The number of rotatable bonds is 12. The third-order valence-corrected chi connectivity index (χ3v) is 4.74. The summed E-state index contributed by atoms with van der Waals surface area (Å²) in [4.78, 5) is 48.6. The minimum Gasteiger partial charge on any atom is -0.480 e. The van der Waals surface area contributed by atoms with E-state index in [0.29, 0.717) is 0 Å². The van der Waals surface area contributed by atoms with Crippen molar-refractivity contribution in [2.75, 3.05) is 6.61 Å². The van der Waals surface area contributed by atoms with Gasteiger partial charge in [0.05, 0.1) is 18.8 Å². The molecule has 11 nitrogen and oxygen atoms in total. The fraction of sp³-hybridized carbons (Fsp3) is 0.524. The number of aliphatic carboxylic acids is 1. The molecule has 0 aromatic heterocycles. The Hall–Kier alpha value is -3.02. The van der Waals surface area contributed by atoms with Gasteiger partial charge in [0.2, 0.25) is 17.7 Å². The van der Waals surface area contributed by atoms with Crippen molar-refractivity contribution in [3.05, 3.63) is 35.9 Å². The quantitative estimate of drug-likeness (QED) is 0.192. The van der Waals surface area contributed by atoms with Gasteiger partial charge in [-0.2, -0.15) is 0 Å². The molecular formula is C21H32N4O7. The molecule has 1 aromatic rings. The third kappa shape index (κ3) is 8.25. The van der Waals surface area contributed by atoms with Gasteiger partial charge in [-0.15, -0.1) is 0 Å². The van der Waals surface area contributed by atoms with Crippen molar-refractivity contribution in [1.82, 2.24) is 16.0 Å². The number of benzene rings is 1. The van der Waals surface area contributed by atoms with Gasteiger partial charge in [0, 0.05) is 0 Å². The van der Waals surface area contributed by atoms with Gasteiger partial charge < -0.3 is 37.0 Å². The molecule has 5 atom stereocenters. The van der Waals surface area contributed by atoms with Crippen LogP contribution in [0.15, 0.2) is 30.3 Å². The van der Waals surface area contributed by atoms with Crippen LogP contribution in [0.1, 0.15) is 26.3 Å². The van der Waals surface area contributed by atoms with Gasteiger partial charge in [0.15, 0.2) is 0 Å². The van der Waals surface area contributed by atoms with Crippen molar-refractivity contribution >= 4 is 23.7 Å². The molecule has 0 aliphatic carbocycles. The Morgan fingerprint density at radius 2 is 1.47 bits per heavy atom. The molecule has 8 N–H and O–H groups in total. The van der Waals surface area contributed by atoms with E-state index in [9.17, 15) is 34.5 Å². The molecule has 0 radical (unpaired) electrons. The van der Waals surface area contributed by atoms with E-state index in [-0.39, 0.29) is 6.42 Å². The van der Waals surface area contributed by atoms with Gasteiger partial charge in [-0.3, -0.25) is 14.4 Å². The molecule has 32 heavy (non-hydrogen) atoms. The molecule has 0 fully saturated rings. The molecule has 1 aromatic carbocycles. The van der Waals surface area contributed by atoms with Crippen molar-refractivity contribution in [1.29, 1.82) is 0 Å². The highest BCUT2D eigenvalue weighted by Gasteiger charge is 2.33. The maximum atomic E-state index is 12.5. The van der Waals surface area contributed by atoms with Crippen molar-refractivity contribution in [2.24, 2.45) is 11.7 Å². The second-order valence-corrected chi connectivity index (χ2v) is 7.84. The van der Waals surface area contributed by atoms with Crippen molar-refractivity contribution in [3.63, 3.8) is 0 Å². The Kier molecular flexibility index (Phi) is 10.8. The lowest BCUT2D eigenvalue weighted by Gasteiger charge is -2.26. The minimum atomic E-state index is -1.51. The first-order valence-electron chi connectivity index (χ1n) is 10.2. The number of nitrogens with one attached hydrogen (secondary N) is 3. The number of carboxylic acids is 1. The molecule has 178 valence electrons. The largest absolute Gasteiger partial charge is 0.480 e. The summed E-state index contributed by atoms with van der Waals surface area (Å²) in [6, 6.07) is 3.82. The van der Waals surface area contributed by atoms with Crippen molar-refractivity contribution in [3.8, 4) is 0 Å². The molecule has 11 heteroatoms. The summed E-state index contributed by atoms with van der Waals surface area (Å²) in [6.07, 6.45) is -1.17. The molecule has 0 bridgehead atoms. The lowest BCUT2D eigenvalue weighted by atomic mass is 10.0. The van der Waals surface area contributed by atoms with E-state index in [2.05, 4.69) is 16.0 Å². The van der Waals surface area contributed by atoms with Gasteiger partial charge in [-0.05, 0) is 24.8 Å². The molecule has 0 aliphatic heterocycles. The highest BCUT2D eigenvalue weighted by atomic mass is 16.4. The SMILES string of the molecule is CC(C)C(NC(=O)C(NC(=O)C(CO)NC(=O)C(N)Cc1ccccc1)C(C)O)C(=O)O. The lowest BCUT2D eigenvalue weighted by molar-refractivity contribution is -0.144. The predicted molar refractivity (Wildman–Crippen MR) is 115 cm³/mol. The first kappa shape index (κ1) is 27.0.